The van der Waals surface area contributed by atoms with Gasteiger partial charge in [0.2, 0.25) is 5.76 Å². The van der Waals surface area contributed by atoms with Crippen LogP contribution < -0.4 is 15.4 Å². The van der Waals surface area contributed by atoms with Crippen molar-refractivity contribution in [3.63, 3.8) is 0 Å². The minimum absolute atomic E-state index is 0.136. The van der Waals surface area contributed by atoms with Crippen LogP contribution in [0.5, 0.6) is 5.75 Å². The summed E-state index contributed by atoms with van der Waals surface area (Å²) in [5, 5.41) is 5.79. The predicted molar refractivity (Wildman–Crippen MR) is 105 cm³/mol. The van der Waals surface area contributed by atoms with Gasteiger partial charge in [0.05, 0.1) is 0 Å². The van der Waals surface area contributed by atoms with E-state index >= 15 is 0 Å². The van der Waals surface area contributed by atoms with Gasteiger partial charge in [0.25, 0.3) is 11.8 Å². The molecule has 1 unspecified atom stereocenters. The maximum absolute atomic E-state index is 12.8. The molecule has 10 heteroatoms. The standard InChI is InChI=1S/C21H17F3N2O5/c22-21(23,24)31-13-9-7-12(8-10-13)25-20(28)18-17(14-4-1-2-5-15(14)30-18)26-19(27)16-6-3-11-29-16/h1-2,4-5,7-10,16H,3,6,11H2,(H,25,28)(H,26,27). The molecule has 1 aromatic heterocycles. The number of carbonyl (C=O) groups excluding carboxylic acids is 2. The van der Waals surface area contributed by atoms with Crippen LogP contribution >= 0.6 is 0 Å². The molecule has 3 aromatic rings. The summed E-state index contributed by atoms with van der Waals surface area (Å²) in [6.07, 6.45) is -4.07. The topological polar surface area (TPSA) is 89.8 Å². The highest BCUT2D eigenvalue weighted by atomic mass is 19.4. The molecule has 0 bridgehead atoms. The number of benzene rings is 2. The van der Waals surface area contributed by atoms with Gasteiger partial charge in [-0.05, 0) is 49.2 Å². The maximum Gasteiger partial charge on any atom is 0.573 e. The molecule has 1 fully saturated rings. The van der Waals surface area contributed by atoms with Gasteiger partial charge < -0.3 is 24.5 Å². The van der Waals surface area contributed by atoms with Crippen LogP contribution in [-0.2, 0) is 9.53 Å². The lowest BCUT2D eigenvalue weighted by molar-refractivity contribution is -0.274. The Morgan fingerprint density at radius 3 is 2.45 bits per heavy atom. The fraction of sp³-hybridized carbons (Fsp3) is 0.238. The van der Waals surface area contributed by atoms with Crippen LogP contribution in [0.4, 0.5) is 24.5 Å². The molecule has 162 valence electrons. The molecule has 2 heterocycles. The number of halogens is 3. The molecule has 7 nitrogen and oxygen atoms in total. The Hall–Kier alpha value is -3.53. The third-order valence-corrected chi connectivity index (χ3v) is 4.62. The number of rotatable bonds is 5. The SMILES string of the molecule is O=C(Nc1ccc(OC(F)(F)F)cc1)c1oc2ccccc2c1NC(=O)C1CCCO1. The van der Waals surface area contributed by atoms with Gasteiger partial charge >= 0.3 is 6.36 Å². The number of para-hydroxylation sites is 1. The van der Waals surface area contributed by atoms with E-state index in [1.165, 1.54) is 12.1 Å². The number of carbonyl (C=O) groups is 2. The summed E-state index contributed by atoms with van der Waals surface area (Å²) >= 11 is 0. The fourth-order valence-electron chi connectivity index (χ4n) is 3.25. The molecule has 31 heavy (non-hydrogen) atoms. The number of anilines is 2. The first-order valence-corrected chi connectivity index (χ1v) is 9.41. The summed E-state index contributed by atoms with van der Waals surface area (Å²) in [6.45, 7) is 0.492. The molecule has 1 atom stereocenters. The summed E-state index contributed by atoms with van der Waals surface area (Å²) < 4.78 is 51.7. The zero-order valence-corrected chi connectivity index (χ0v) is 16.0. The Morgan fingerprint density at radius 1 is 1.03 bits per heavy atom. The van der Waals surface area contributed by atoms with E-state index in [1.54, 1.807) is 24.3 Å². The van der Waals surface area contributed by atoms with E-state index in [4.69, 9.17) is 9.15 Å². The third kappa shape index (κ3) is 4.80. The van der Waals surface area contributed by atoms with E-state index < -0.39 is 24.1 Å². The molecule has 2 amide bonds. The van der Waals surface area contributed by atoms with E-state index in [1.807, 2.05) is 0 Å². The highest BCUT2D eigenvalue weighted by molar-refractivity contribution is 6.15. The van der Waals surface area contributed by atoms with Crippen LogP contribution in [0, 0.1) is 0 Å². The van der Waals surface area contributed by atoms with Gasteiger partial charge in [-0.1, -0.05) is 12.1 Å². The Labute approximate surface area is 174 Å². The highest BCUT2D eigenvalue weighted by Crippen LogP contribution is 2.32. The van der Waals surface area contributed by atoms with Crippen LogP contribution in [-0.4, -0.2) is 30.9 Å². The Balaban J connectivity index is 1.56. The number of fused-ring (bicyclic) bond motifs is 1. The van der Waals surface area contributed by atoms with Crippen molar-refractivity contribution in [3.8, 4) is 5.75 Å². The van der Waals surface area contributed by atoms with Crippen LogP contribution in [0.3, 0.4) is 0 Å². The number of hydrogen-bond acceptors (Lipinski definition) is 5. The normalized spacial score (nSPS) is 16.3. The Kier molecular flexibility index (Phi) is 5.55. The largest absolute Gasteiger partial charge is 0.573 e. The van der Waals surface area contributed by atoms with Crippen molar-refractivity contribution in [3.05, 3.63) is 54.3 Å². The van der Waals surface area contributed by atoms with Crippen LogP contribution in [0.2, 0.25) is 0 Å². The van der Waals surface area contributed by atoms with Gasteiger partial charge in [-0.3, -0.25) is 9.59 Å². The number of nitrogens with one attached hydrogen (secondary N) is 2. The van der Waals surface area contributed by atoms with Crippen molar-refractivity contribution in [2.24, 2.45) is 0 Å². The average Bonchev–Trinajstić information content (AvgIpc) is 3.37. The molecule has 0 aliphatic carbocycles. The van der Waals surface area contributed by atoms with Crippen LogP contribution in [0.1, 0.15) is 23.4 Å². The first-order valence-electron chi connectivity index (χ1n) is 9.41. The van der Waals surface area contributed by atoms with Gasteiger partial charge in [-0.2, -0.15) is 0 Å². The first-order chi connectivity index (χ1) is 14.8. The minimum atomic E-state index is -4.81. The number of hydrogen-bond donors (Lipinski definition) is 2. The summed E-state index contributed by atoms with van der Waals surface area (Å²) in [5.74, 6) is -1.61. The fourth-order valence-corrected chi connectivity index (χ4v) is 3.25. The Morgan fingerprint density at radius 2 is 1.77 bits per heavy atom. The molecule has 0 radical (unpaired) electrons. The lowest BCUT2D eigenvalue weighted by Gasteiger charge is -2.11. The lowest BCUT2D eigenvalue weighted by Crippen LogP contribution is -2.27. The second kappa shape index (κ2) is 8.31. The van der Waals surface area contributed by atoms with Gasteiger partial charge in [0.15, 0.2) is 0 Å². The second-order valence-electron chi connectivity index (χ2n) is 6.82. The third-order valence-electron chi connectivity index (χ3n) is 4.62. The molecular formula is C21H17F3N2O5. The number of ether oxygens (including phenoxy) is 2. The van der Waals surface area contributed by atoms with Crippen molar-refractivity contribution in [1.82, 2.24) is 0 Å². The number of alkyl halides is 3. The van der Waals surface area contributed by atoms with Crippen molar-refractivity contribution in [2.45, 2.75) is 25.3 Å². The van der Waals surface area contributed by atoms with Gasteiger partial charge in [-0.15, -0.1) is 13.2 Å². The van der Waals surface area contributed by atoms with Crippen molar-refractivity contribution < 1.29 is 36.7 Å². The molecular weight excluding hydrogens is 417 g/mol. The Bertz CT molecular complexity index is 1100. The highest BCUT2D eigenvalue weighted by Gasteiger charge is 2.31. The van der Waals surface area contributed by atoms with Crippen LogP contribution in [0.25, 0.3) is 11.0 Å². The zero-order valence-electron chi connectivity index (χ0n) is 16.0. The van der Waals surface area contributed by atoms with E-state index in [2.05, 4.69) is 15.4 Å². The molecule has 0 spiro atoms. The molecule has 1 saturated heterocycles. The zero-order chi connectivity index (χ0) is 22.0. The van der Waals surface area contributed by atoms with Crippen LogP contribution in [0.15, 0.2) is 52.9 Å². The van der Waals surface area contributed by atoms with Gasteiger partial charge in [-0.25, -0.2) is 0 Å². The smallest absolute Gasteiger partial charge is 0.449 e. The predicted octanol–water partition coefficient (Wildman–Crippen LogP) is 4.70. The van der Waals surface area contributed by atoms with Gasteiger partial charge in [0.1, 0.15) is 23.1 Å². The molecule has 0 saturated carbocycles. The van der Waals surface area contributed by atoms with Crippen molar-refractivity contribution >= 4 is 34.2 Å². The maximum atomic E-state index is 12.8. The number of furan rings is 1. The molecule has 2 aromatic carbocycles. The van der Waals surface area contributed by atoms with Crippen molar-refractivity contribution in [2.75, 3.05) is 17.2 Å². The van der Waals surface area contributed by atoms with Crippen molar-refractivity contribution in [1.29, 1.82) is 0 Å². The summed E-state index contributed by atoms with van der Waals surface area (Å²) in [6, 6.07) is 11.5. The summed E-state index contributed by atoms with van der Waals surface area (Å²) in [7, 11) is 0. The second-order valence-corrected chi connectivity index (χ2v) is 6.82. The first kappa shape index (κ1) is 20.7. The van der Waals surface area contributed by atoms with E-state index in [0.717, 1.165) is 18.6 Å². The van der Waals surface area contributed by atoms with E-state index in [9.17, 15) is 22.8 Å². The van der Waals surface area contributed by atoms with Gasteiger partial charge in [0, 0.05) is 17.7 Å². The minimum Gasteiger partial charge on any atom is -0.449 e. The van der Waals surface area contributed by atoms with E-state index in [-0.39, 0.29) is 23.0 Å². The summed E-state index contributed by atoms with van der Waals surface area (Å²) in [4.78, 5) is 25.3. The quantitative estimate of drug-likeness (QED) is 0.608. The lowest BCUT2D eigenvalue weighted by atomic mass is 10.2. The average molecular weight is 434 g/mol. The molecule has 2 N–H and O–H groups in total. The summed E-state index contributed by atoms with van der Waals surface area (Å²) in [5.41, 5.74) is 0.811. The number of amides is 2. The van der Waals surface area contributed by atoms with E-state index in [0.29, 0.717) is 24.0 Å². The molecule has 1 aliphatic heterocycles. The molecule has 4 rings (SSSR count). The molecule has 1 aliphatic rings. The monoisotopic (exact) mass is 434 g/mol.